The summed E-state index contributed by atoms with van der Waals surface area (Å²) in [5, 5.41) is 13.8. The molecular formula is C16H17N3O5. The van der Waals surface area contributed by atoms with Gasteiger partial charge >= 0.3 is 0 Å². The van der Waals surface area contributed by atoms with E-state index in [4.69, 9.17) is 14.0 Å². The van der Waals surface area contributed by atoms with Crippen LogP contribution in [-0.2, 0) is 0 Å². The smallest absolute Gasteiger partial charge is 0.254 e. The number of aryl methyl sites for hydroxylation is 1. The minimum absolute atomic E-state index is 0.218. The third-order valence-corrected chi connectivity index (χ3v) is 4.16. The van der Waals surface area contributed by atoms with Gasteiger partial charge in [-0.2, -0.15) is 4.98 Å². The Morgan fingerprint density at radius 2 is 2.08 bits per heavy atom. The van der Waals surface area contributed by atoms with Crippen LogP contribution in [0.1, 0.15) is 34.5 Å². The number of carbonyl (C=O) groups is 1. The fourth-order valence-corrected chi connectivity index (χ4v) is 3.06. The van der Waals surface area contributed by atoms with Crippen LogP contribution >= 0.6 is 0 Å². The van der Waals surface area contributed by atoms with Crippen LogP contribution in [0.2, 0.25) is 0 Å². The summed E-state index contributed by atoms with van der Waals surface area (Å²) in [5.74, 6) is 1.80. The van der Waals surface area contributed by atoms with E-state index < -0.39 is 12.1 Å². The van der Waals surface area contributed by atoms with Gasteiger partial charge in [0.2, 0.25) is 5.89 Å². The summed E-state index contributed by atoms with van der Waals surface area (Å²) >= 11 is 0. The molecular weight excluding hydrogens is 314 g/mol. The van der Waals surface area contributed by atoms with Crippen molar-refractivity contribution < 1.29 is 23.9 Å². The predicted octanol–water partition coefficient (Wildman–Crippen LogP) is 1.10. The minimum atomic E-state index is -0.622. The average molecular weight is 331 g/mol. The van der Waals surface area contributed by atoms with Crippen molar-refractivity contribution in [3.63, 3.8) is 0 Å². The van der Waals surface area contributed by atoms with Crippen molar-refractivity contribution in [1.82, 2.24) is 15.0 Å². The van der Waals surface area contributed by atoms with E-state index in [1.54, 1.807) is 30.0 Å². The monoisotopic (exact) mass is 331 g/mol. The van der Waals surface area contributed by atoms with Gasteiger partial charge in [-0.15, -0.1) is 0 Å². The standard InChI is InChI=1S/C16H17N3O5/c1-9-17-15(24-18-9)12-7-11(20)8-19(12)16(21)10-2-3-13-14(6-10)23-5-4-22-13/h2-3,6,11-12,20H,4-5,7-8H2,1H3/t11-,12+/m0/s1. The lowest BCUT2D eigenvalue weighted by atomic mass is 10.1. The van der Waals surface area contributed by atoms with E-state index in [-0.39, 0.29) is 12.5 Å². The second-order valence-electron chi connectivity index (χ2n) is 5.90. The molecule has 2 aliphatic heterocycles. The molecule has 0 spiro atoms. The van der Waals surface area contributed by atoms with Crippen molar-refractivity contribution in [2.75, 3.05) is 19.8 Å². The number of benzene rings is 1. The summed E-state index contributed by atoms with van der Waals surface area (Å²) in [5.41, 5.74) is 0.467. The van der Waals surface area contributed by atoms with Gasteiger partial charge in [-0.1, -0.05) is 5.16 Å². The number of aliphatic hydroxyl groups excluding tert-OH is 1. The molecule has 8 heteroatoms. The average Bonchev–Trinajstić information content (AvgIpc) is 3.19. The lowest BCUT2D eigenvalue weighted by Crippen LogP contribution is -2.32. The topological polar surface area (TPSA) is 97.9 Å². The van der Waals surface area contributed by atoms with Gasteiger partial charge in [0, 0.05) is 18.5 Å². The van der Waals surface area contributed by atoms with E-state index in [1.807, 2.05) is 0 Å². The van der Waals surface area contributed by atoms with E-state index in [0.717, 1.165) is 0 Å². The van der Waals surface area contributed by atoms with Crippen LogP contribution in [0.4, 0.5) is 0 Å². The Bertz CT molecular complexity index is 775. The Kier molecular flexibility index (Phi) is 3.61. The molecule has 8 nitrogen and oxygen atoms in total. The Morgan fingerprint density at radius 3 is 2.83 bits per heavy atom. The first-order valence-corrected chi connectivity index (χ1v) is 7.80. The SMILES string of the molecule is Cc1noc([C@H]2C[C@H](O)CN2C(=O)c2ccc3c(c2)OCCO3)n1. The van der Waals surface area contributed by atoms with Gasteiger partial charge in [0.1, 0.15) is 19.3 Å². The summed E-state index contributed by atoms with van der Waals surface area (Å²) in [6.45, 7) is 2.89. The quantitative estimate of drug-likeness (QED) is 0.880. The Labute approximate surface area is 138 Å². The van der Waals surface area contributed by atoms with Crippen molar-refractivity contribution in [2.24, 2.45) is 0 Å². The summed E-state index contributed by atoms with van der Waals surface area (Å²) in [6, 6.07) is 4.65. The zero-order chi connectivity index (χ0) is 16.7. The summed E-state index contributed by atoms with van der Waals surface area (Å²) in [6.07, 6.45) is -0.249. The molecule has 1 aromatic carbocycles. The normalized spacial score (nSPS) is 22.7. The van der Waals surface area contributed by atoms with Gasteiger partial charge in [-0.3, -0.25) is 4.79 Å². The second kappa shape index (κ2) is 5.79. The fraction of sp³-hybridized carbons (Fsp3) is 0.438. The summed E-state index contributed by atoms with van der Waals surface area (Å²) in [7, 11) is 0. The zero-order valence-corrected chi connectivity index (χ0v) is 13.1. The maximum Gasteiger partial charge on any atom is 0.254 e. The zero-order valence-electron chi connectivity index (χ0n) is 13.1. The van der Waals surface area contributed by atoms with Crippen molar-refractivity contribution >= 4 is 5.91 Å². The first-order valence-electron chi connectivity index (χ1n) is 7.80. The fourth-order valence-electron chi connectivity index (χ4n) is 3.06. The molecule has 0 unspecified atom stereocenters. The molecule has 1 fully saturated rings. The predicted molar refractivity (Wildman–Crippen MR) is 80.9 cm³/mol. The molecule has 1 amide bonds. The van der Waals surface area contributed by atoms with Gasteiger partial charge in [-0.05, 0) is 25.1 Å². The van der Waals surface area contributed by atoms with Gasteiger partial charge in [0.25, 0.3) is 5.91 Å². The minimum Gasteiger partial charge on any atom is -0.486 e. The number of aromatic nitrogens is 2. The van der Waals surface area contributed by atoms with Crippen LogP contribution in [0, 0.1) is 6.92 Å². The molecule has 2 atom stereocenters. The molecule has 4 rings (SSSR count). The Hall–Kier alpha value is -2.61. The van der Waals surface area contributed by atoms with Gasteiger partial charge in [0.05, 0.1) is 6.10 Å². The lowest BCUT2D eigenvalue weighted by molar-refractivity contribution is 0.0692. The highest BCUT2D eigenvalue weighted by atomic mass is 16.6. The van der Waals surface area contributed by atoms with Gasteiger partial charge < -0.3 is 24.0 Å². The molecule has 1 saturated heterocycles. The van der Waals surface area contributed by atoms with Crippen molar-refractivity contribution in [2.45, 2.75) is 25.5 Å². The third kappa shape index (κ3) is 2.58. The number of nitrogens with zero attached hydrogens (tertiary/aromatic N) is 3. The molecule has 1 aromatic heterocycles. The van der Waals surface area contributed by atoms with Crippen molar-refractivity contribution in [3.05, 3.63) is 35.5 Å². The third-order valence-electron chi connectivity index (χ3n) is 4.16. The molecule has 0 saturated carbocycles. The molecule has 3 heterocycles. The maximum absolute atomic E-state index is 12.9. The number of rotatable bonds is 2. The van der Waals surface area contributed by atoms with Crippen molar-refractivity contribution in [1.29, 1.82) is 0 Å². The highest BCUT2D eigenvalue weighted by Gasteiger charge is 2.39. The van der Waals surface area contributed by atoms with Crippen LogP contribution in [0.3, 0.4) is 0 Å². The summed E-state index contributed by atoms with van der Waals surface area (Å²) < 4.78 is 16.2. The molecule has 24 heavy (non-hydrogen) atoms. The number of hydrogen-bond donors (Lipinski definition) is 1. The van der Waals surface area contributed by atoms with Crippen LogP contribution in [0.25, 0.3) is 0 Å². The molecule has 0 bridgehead atoms. The van der Waals surface area contributed by atoms with E-state index in [9.17, 15) is 9.90 Å². The van der Waals surface area contributed by atoms with E-state index in [0.29, 0.717) is 48.4 Å². The number of likely N-dealkylation sites (tertiary alicyclic amines) is 1. The Morgan fingerprint density at radius 1 is 1.29 bits per heavy atom. The lowest BCUT2D eigenvalue weighted by Gasteiger charge is -2.23. The van der Waals surface area contributed by atoms with Crippen molar-refractivity contribution in [3.8, 4) is 11.5 Å². The van der Waals surface area contributed by atoms with Crippen LogP contribution < -0.4 is 9.47 Å². The van der Waals surface area contributed by atoms with Gasteiger partial charge in [0.15, 0.2) is 17.3 Å². The molecule has 0 aliphatic carbocycles. The first kappa shape index (κ1) is 14.9. The molecule has 126 valence electrons. The number of aliphatic hydroxyl groups is 1. The van der Waals surface area contributed by atoms with Gasteiger partial charge in [-0.25, -0.2) is 0 Å². The molecule has 2 aliphatic rings. The second-order valence-corrected chi connectivity index (χ2v) is 5.90. The number of β-amino-alcohol motifs (C(OH)–C–C–N with tert-alkyl or cyclic N) is 1. The summed E-state index contributed by atoms with van der Waals surface area (Å²) in [4.78, 5) is 18.7. The first-order chi connectivity index (χ1) is 11.6. The van der Waals surface area contributed by atoms with E-state index >= 15 is 0 Å². The van der Waals surface area contributed by atoms with E-state index in [1.165, 1.54) is 0 Å². The maximum atomic E-state index is 12.9. The molecule has 1 N–H and O–H groups in total. The number of amides is 1. The number of ether oxygens (including phenoxy) is 2. The van der Waals surface area contributed by atoms with Crippen LogP contribution in [0.15, 0.2) is 22.7 Å². The molecule has 0 radical (unpaired) electrons. The Balaban J connectivity index is 1.62. The highest BCUT2D eigenvalue weighted by Crippen LogP contribution is 2.35. The number of carbonyl (C=O) groups excluding carboxylic acids is 1. The molecule has 2 aromatic rings. The number of fused-ring (bicyclic) bond motifs is 1. The van der Waals surface area contributed by atoms with Crippen LogP contribution in [-0.4, -0.2) is 51.9 Å². The largest absolute Gasteiger partial charge is 0.486 e. The van der Waals surface area contributed by atoms with Crippen LogP contribution in [0.5, 0.6) is 11.5 Å². The highest BCUT2D eigenvalue weighted by molar-refractivity contribution is 5.95. The number of hydrogen-bond acceptors (Lipinski definition) is 7. The van der Waals surface area contributed by atoms with E-state index in [2.05, 4.69) is 10.1 Å².